The summed E-state index contributed by atoms with van der Waals surface area (Å²) in [6.07, 6.45) is -0.196. The van der Waals surface area contributed by atoms with Gasteiger partial charge in [-0.15, -0.1) is 0 Å². The Morgan fingerprint density at radius 3 is 2.87 bits per heavy atom. The van der Waals surface area contributed by atoms with Crippen molar-refractivity contribution in [3.63, 3.8) is 0 Å². The van der Waals surface area contributed by atoms with Crippen molar-refractivity contribution in [3.8, 4) is 6.07 Å². The molecule has 3 nitrogen and oxygen atoms in total. The zero-order chi connectivity index (χ0) is 11.4. The van der Waals surface area contributed by atoms with Gasteiger partial charge < -0.3 is 4.74 Å². The van der Waals surface area contributed by atoms with E-state index in [9.17, 15) is 9.18 Å². The third-order valence-electron chi connectivity index (χ3n) is 1.86. The molecule has 0 bridgehead atoms. The normalized spacial score (nSPS) is 9.47. The summed E-state index contributed by atoms with van der Waals surface area (Å²) < 4.78 is 18.4. The van der Waals surface area contributed by atoms with Crippen LogP contribution in [0.25, 0.3) is 0 Å². The first kappa shape index (κ1) is 11.7. The molecule has 0 aliphatic rings. The highest BCUT2D eigenvalue weighted by Crippen LogP contribution is 2.23. The molecular formula is C10H7BrFNO2. The number of rotatable bonds is 2. The van der Waals surface area contributed by atoms with E-state index in [0.717, 1.165) is 0 Å². The molecule has 0 saturated heterocycles. The van der Waals surface area contributed by atoms with E-state index in [1.807, 2.05) is 0 Å². The largest absolute Gasteiger partial charge is 0.469 e. The van der Waals surface area contributed by atoms with Crippen LogP contribution in [0.2, 0.25) is 0 Å². The minimum Gasteiger partial charge on any atom is -0.469 e. The average Bonchev–Trinajstić information content (AvgIpc) is 2.24. The smallest absolute Gasteiger partial charge is 0.310 e. The van der Waals surface area contributed by atoms with Crippen LogP contribution in [0.5, 0.6) is 0 Å². The fourth-order valence-electron chi connectivity index (χ4n) is 1.06. The molecule has 1 aromatic rings. The van der Waals surface area contributed by atoms with Crippen LogP contribution in [0.15, 0.2) is 16.6 Å². The summed E-state index contributed by atoms with van der Waals surface area (Å²) in [6.45, 7) is 0. The molecule has 78 valence electrons. The van der Waals surface area contributed by atoms with Crippen molar-refractivity contribution in [2.75, 3.05) is 7.11 Å². The van der Waals surface area contributed by atoms with Gasteiger partial charge in [-0.25, -0.2) is 4.39 Å². The highest BCUT2D eigenvalue weighted by atomic mass is 79.9. The molecule has 5 heteroatoms. The van der Waals surface area contributed by atoms with E-state index < -0.39 is 11.8 Å². The summed E-state index contributed by atoms with van der Waals surface area (Å²) in [6, 6.07) is 4.58. The van der Waals surface area contributed by atoms with Crippen LogP contribution in [-0.2, 0) is 16.0 Å². The fraction of sp³-hybridized carbons (Fsp3) is 0.200. The van der Waals surface area contributed by atoms with Gasteiger partial charge in [-0.1, -0.05) is 15.9 Å². The summed E-state index contributed by atoms with van der Waals surface area (Å²) in [7, 11) is 1.22. The Hall–Kier alpha value is -1.41. The Bertz CT molecular complexity index is 440. The Labute approximate surface area is 94.6 Å². The number of benzene rings is 1. The molecular weight excluding hydrogens is 265 g/mol. The minimum absolute atomic E-state index is 0.0860. The molecule has 0 atom stereocenters. The van der Waals surface area contributed by atoms with E-state index in [0.29, 0.717) is 4.47 Å². The zero-order valence-electron chi connectivity index (χ0n) is 7.88. The first-order valence-corrected chi connectivity index (χ1v) is 4.83. The standard InChI is InChI=1S/C10H7BrFNO2/c1-15-9(14)4-7-8(11)3-2-6(5-13)10(7)12/h2-3H,4H2,1H3. The van der Waals surface area contributed by atoms with Crippen LogP contribution in [-0.4, -0.2) is 13.1 Å². The Kier molecular flexibility index (Phi) is 3.81. The Morgan fingerprint density at radius 2 is 2.33 bits per heavy atom. The first-order chi connectivity index (χ1) is 7.10. The molecule has 0 spiro atoms. The number of esters is 1. The van der Waals surface area contributed by atoms with Crippen molar-refractivity contribution in [3.05, 3.63) is 33.5 Å². The van der Waals surface area contributed by atoms with Crippen molar-refractivity contribution in [2.24, 2.45) is 0 Å². The minimum atomic E-state index is -0.683. The van der Waals surface area contributed by atoms with E-state index in [2.05, 4.69) is 20.7 Å². The predicted octanol–water partition coefficient (Wildman–Crippen LogP) is 2.18. The topological polar surface area (TPSA) is 50.1 Å². The van der Waals surface area contributed by atoms with E-state index in [1.54, 1.807) is 6.07 Å². The third kappa shape index (κ3) is 2.54. The van der Waals surface area contributed by atoms with Gasteiger partial charge in [-0.3, -0.25) is 4.79 Å². The van der Waals surface area contributed by atoms with Crippen molar-refractivity contribution in [1.29, 1.82) is 5.26 Å². The zero-order valence-corrected chi connectivity index (χ0v) is 9.47. The average molecular weight is 272 g/mol. The SMILES string of the molecule is COC(=O)Cc1c(Br)ccc(C#N)c1F. The molecule has 0 heterocycles. The molecule has 15 heavy (non-hydrogen) atoms. The second kappa shape index (κ2) is 4.89. The van der Waals surface area contributed by atoms with Crippen LogP contribution < -0.4 is 0 Å². The van der Waals surface area contributed by atoms with Gasteiger partial charge in [0, 0.05) is 10.0 Å². The van der Waals surface area contributed by atoms with Crippen molar-refractivity contribution < 1.29 is 13.9 Å². The van der Waals surface area contributed by atoms with Gasteiger partial charge in [0.05, 0.1) is 19.1 Å². The number of hydrogen-bond donors (Lipinski definition) is 0. The second-order valence-electron chi connectivity index (χ2n) is 2.75. The Balaban J connectivity index is 3.16. The van der Waals surface area contributed by atoms with Crippen LogP contribution in [0.4, 0.5) is 4.39 Å². The number of methoxy groups -OCH3 is 1. The molecule has 0 radical (unpaired) electrons. The number of carbonyl (C=O) groups is 1. The van der Waals surface area contributed by atoms with Gasteiger partial charge in [0.1, 0.15) is 11.9 Å². The molecule has 0 aliphatic carbocycles. The molecule has 0 N–H and O–H groups in total. The molecule has 1 aromatic carbocycles. The van der Waals surface area contributed by atoms with Crippen LogP contribution >= 0.6 is 15.9 Å². The maximum absolute atomic E-state index is 13.6. The van der Waals surface area contributed by atoms with Crippen molar-refractivity contribution in [1.82, 2.24) is 0 Å². The van der Waals surface area contributed by atoms with E-state index in [4.69, 9.17) is 5.26 Å². The lowest BCUT2D eigenvalue weighted by molar-refractivity contribution is -0.139. The third-order valence-corrected chi connectivity index (χ3v) is 2.60. The molecule has 0 aliphatic heterocycles. The number of halogens is 2. The van der Waals surface area contributed by atoms with Gasteiger partial charge in [0.25, 0.3) is 0 Å². The molecule has 0 unspecified atom stereocenters. The van der Waals surface area contributed by atoms with Gasteiger partial charge in [-0.05, 0) is 12.1 Å². The van der Waals surface area contributed by atoms with Gasteiger partial charge in [0.2, 0.25) is 0 Å². The summed E-state index contributed by atoms with van der Waals surface area (Å²) in [5.41, 5.74) is 0.0537. The lowest BCUT2D eigenvalue weighted by atomic mass is 10.1. The molecule has 0 fully saturated rings. The maximum Gasteiger partial charge on any atom is 0.310 e. The molecule has 0 amide bonds. The van der Waals surface area contributed by atoms with Gasteiger partial charge in [-0.2, -0.15) is 5.26 Å². The van der Waals surface area contributed by atoms with Gasteiger partial charge in [0.15, 0.2) is 0 Å². The van der Waals surface area contributed by atoms with Crippen molar-refractivity contribution >= 4 is 21.9 Å². The summed E-state index contributed by atoms with van der Waals surface area (Å²) >= 11 is 3.11. The maximum atomic E-state index is 13.6. The van der Waals surface area contributed by atoms with E-state index in [-0.39, 0.29) is 17.5 Å². The highest BCUT2D eigenvalue weighted by Gasteiger charge is 2.15. The molecule has 0 aromatic heterocycles. The number of carbonyl (C=O) groups excluding carboxylic acids is 1. The quantitative estimate of drug-likeness (QED) is 0.775. The van der Waals surface area contributed by atoms with Gasteiger partial charge >= 0.3 is 5.97 Å². The first-order valence-electron chi connectivity index (χ1n) is 4.04. The van der Waals surface area contributed by atoms with Crippen molar-refractivity contribution in [2.45, 2.75) is 6.42 Å². The number of hydrogen-bond acceptors (Lipinski definition) is 3. The van der Waals surface area contributed by atoms with Crippen LogP contribution in [0, 0.1) is 17.1 Å². The number of nitrogens with zero attached hydrogens (tertiary/aromatic N) is 1. The highest BCUT2D eigenvalue weighted by molar-refractivity contribution is 9.10. The molecule has 0 saturated carbocycles. The molecule has 1 rings (SSSR count). The van der Waals surface area contributed by atoms with Crippen LogP contribution in [0.3, 0.4) is 0 Å². The Morgan fingerprint density at radius 1 is 1.67 bits per heavy atom. The second-order valence-corrected chi connectivity index (χ2v) is 3.61. The lowest BCUT2D eigenvalue weighted by Crippen LogP contribution is -2.07. The monoisotopic (exact) mass is 271 g/mol. The lowest BCUT2D eigenvalue weighted by Gasteiger charge is -2.05. The number of ether oxygens (including phenoxy) is 1. The predicted molar refractivity (Wildman–Crippen MR) is 54.5 cm³/mol. The number of nitriles is 1. The van der Waals surface area contributed by atoms with E-state index >= 15 is 0 Å². The van der Waals surface area contributed by atoms with E-state index in [1.165, 1.54) is 19.2 Å². The fourth-order valence-corrected chi connectivity index (χ4v) is 1.51. The van der Waals surface area contributed by atoms with Crippen LogP contribution in [0.1, 0.15) is 11.1 Å². The summed E-state index contributed by atoms with van der Waals surface area (Å²) in [4.78, 5) is 11.0. The summed E-state index contributed by atoms with van der Waals surface area (Å²) in [5.74, 6) is -1.23. The summed E-state index contributed by atoms with van der Waals surface area (Å²) in [5, 5.41) is 8.60.